The largest absolute Gasteiger partial charge is 0.396 e. The third-order valence-electron chi connectivity index (χ3n) is 4.48. The predicted octanol–water partition coefficient (Wildman–Crippen LogP) is 3.30. The van der Waals surface area contributed by atoms with Crippen molar-refractivity contribution in [1.29, 1.82) is 0 Å². The molecule has 1 saturated heterocycles. The average Bonchev–Trinajstić information content (AvgIpc) is 2.65. The van der Waals surface area contributed by atoms with Crippen molar-refractivity contribution >= 4 is 8.56 Å². The Morgan fingerprint density at radius 1 is 1.00 bits per heavy atom. The molecule has 1 heterocycles. The molecule has 0 radical (unpaired) electrons. The first-order chi connectivity index (χ1) is 11.9. The molecule has 1 aliphatic heterocycles. The first-order valence-corrected chi connectivity index (χ1v) is 11.6. The van der Waals surface area contributed by atoms with Gasteiger partial charge in [-0.25, -0.2) is 0 Å². The van der Waals surface area contributed by atoms with Gasteiger partial charge in [-0.15, -0.1) is 0 Å². The molecule has 0 aromatic rings. The minimum absolute atomic E-state index is 0.141. The summed E-state index contributed by atoms with van der Waals surface area (Å²) in [5.74, 6) is -1.02. The zero-order valence-corrected chi connectivity index (χ0v) is 17.8. The minimum atomic E-state index is -2.41. The molecule has 0 aromatic heterocycles. The van der Waals surface area contributed by atoms with Crippen LogP contribution in [-0.4, -0.2) is 60.3 Å². The van der Waals surface area contributed by atoms with Gasteiger partial charge in [-0.3, -0.25) is 4.74 Å². The van der Waals surface area contributed by atoms with E-state index < -0.39 is 27.1 Å². The zero-order valence-electron chi connectivity index (χ0n) is 16.8. The van der Waals surface area contributed by atoms with Crippen LogP contribution in [0.2, 0.25) is 6.55 Å². The molecule has 0 saturated carbocycles. The van der Waals surface area contributed by atoms with Crippen molar-refractivity contribution < 1.29 is 32.5 Å². The summed E-state index contributed by atoms with van der Waals surface area (Å²) in [7, 11) is 0.914. The maximum atomic E-state index is 6.06. The van der Waals surface area contributed by atoms with E-state index in [-0.39, 0.29) is 5.73 Å². The van der Waals surface area contributed by atoms with Crippen molar-refractivity contribution in [3.8, 4) is 0 Å². The number of ether oxygens (including phenoxy) is 5. The first-order valence-electron chi connectivity index (χ1n) is 9.25. The molecule has 0 spiro atoms. The Balaban J connectivity index is 2.63. The van der Waals surface area contributed by atoms with Crippen LogP contribution in [0.1, 0.15) is 53.4 Å². The smallest absolute Gasteiger partial charge is 0.364 e. The molecular weight excluding hydrogens is 344 g/mol. The van der Waals surface area contributed by atoms with Crippen molar-refractivity contribution in [2.24, 2.45) is 0 Å². The average molecular weight is 381 g/mol. The van der Waals surface area contributed by atoms with Gasteiger partial charge in [0.25, 0.3) is 5.97 Å². The summed E-state index contributed by atoms with van der Waals surface area (Å²) in [5, 5.41) is 0. The van der Waals surface area contributed by atoms with Crippen LogP contribution in [0.15, 0.2) is 0 Å². The monoisotopic (exact) mass is 380 g/mol. The van der Waals surface area contributed by atoms with Crippen LogP contribution in [0, 0.1) is 0 Å². The summed E-state index contributed by atoms with van der Waals surface area (Å²) in [6, 6.07) is 0. The van der Waals surface area contributed by atoms with E-state index in [9.17, 15) is 0 Å². The number of hydrogen-bond acceptors (Lipinski definition) is 7. The van der Waals surface area contributed by atoms with E-state index in [0.29, 0.717) is 26.1 Å². The van der Waals surface area contributed by atoms with Gasteiger partial charge in [0.2, 0.25) is 0 Å². The molecule has 7 nitrogen and oxygen atoms in total. The van der Waals surface area contributed by atoms with Crippen molar-refractivity contribution in [3.05, 3.63) is 0 Å². The molecule has 1 aliphatic rings. The molecule has 1 rings (SSSR count). The molecule has 0 bridgehead atoms. The third-order valence-corrected chi connectivity index (χ3v) is 7.81. The lowest BCUT2D eigenvalue weighted by molar-refractivity contribution is -0.442. The Morgan fingerprint density at radius 2 is 1.60 bits per heavy atom. The van der Waals surface area contributed by atoms with Gasteiger partial charge in [0.15, 0.2) is 12.6 Å². The van der Waals surface area contributed by atoms with Crippen LogP contribution in [-0.2, 0) is 32.5 Å². The van der Waals surface area contributed by atoms with Crippen LogP contribution >= 0.6 is 0 Å². The summed E-state index contributed by atoms with van der Waals surface area (Å²) < 4.78 is 40.6. The number of rotatable bonds is 12. The Bertz CT molecular complexity index is 359. The maximum Gasteiger partial charge on any atom is 0.364 e. The molecular formula is C17H36O7Si. The minimum Gasteiger partial charge on any atom is -0.396 e. The normalized spacial score (nSPS) is 21.7. The van der Waals surface area contributed by atoms with Crippen LogP contribution < -0.4 is 0 Å². The fourth-order valence-corrected chi connectivity index (χ4v) is 4.61. The second kappa shape index (κ2) is 10.9. The van der Waals surface area contributed by atoms with Gasteiger partial charge in [0.1, 0.15) is 5.73 Å². The van der Waals surface area contributed by atoms with E-state index in [1.54, 1.807) is 14.2 Å². The third kappa shape index (κ3) is 6.55. The lowest BCUT2D eigenvalue weighted by atomic mass is 10.3. The highest BCUT2D eigenvalue weighted by atomic mass is 28.4. The molecule has 0 amide bonds. The molecule has 25 heavy (non-hydrogen) atoms. The van der Waals surface area contributed by atoms with Crippen LogP contribution in [0.4, 0.5) is 0 Å². The van der Waals surface area contributed by atoms with Gasteiger partial charge in [-0.05, 0) is 32.7 Å². The van der Waals surface area contributed by atoms with Crippen molar-refractivity contribution in [2.45, 2.75) is 84.2 Å². The van der Waals surface area contributed by atoms with Crippen molar-refractivity contribution in [3.63, 3.8) is 0 Å². The van der Waals surface area contributed by atoms with E-state index in [2.05, 4.69) is 0 Å². The second-order valence-corrected chi connectivity index (χ2v) is 9.70. The van der Waals surface area contributed by atoms with Crippen LogP contribution in [0.25, 0.3) is 0 Å². The Hall–Kier alpha value is -0.0631. The quantitative estimate of drug-likeness (QED) is 0.380. The highest BCUT2D eigenvalue weighted by Crippen LogP contribution is 2.28. The highest BCUT2D eigenvalue weighted by Gasteiger charge is 2.41. The van der Waals surface area contributed by atoms with Crippen molar-refractivity contribution in [2.75, 3.05) is 27.4 Å². The van der Waals surface area contributed by atoms with Crippen LogP contribution in [0.5, 0.6) is 0 Å². The van der Waals surface area contributed by atoms with E-state index in [1.807, 2.05) is 34.2 Å². The van der Waals surface area contributed by atoms with Gasteiger partial charge in [0, 0.05) is 20.6 Å². The fourth-order valence-electron chi connectivity index (χ4n) is 2.73. The Morgan fingerprint density at radius 3 is 2.04 bits per heavy atom. The SMILES string of the molecule is CCC(OC(C)OC(CC)[Si](C)(OC)OC)OC1(CC)OCCCO1. The predicted molar refractivity (Wildman–Crippen MR) is 96.1 cm³/mol. The molecule has 8 heteroatoms. The van der Waals surface area contributed by atoms with E-state index >= 15 is 0 Å². The standard InChI is InChI=1S/C17H36O7Si/c1-8-15(24-17(10-3)20-12-11-13-21-17)22-14(4)23-16(9-2)25(7,18-5)19-6/h14-16H,8-13H2,1-7H3. The topological polar surface area (TPSA) is 64.6 Å². The second-order valence-electron chi connectivity index (χ2n) is 6.20. The summed E-state index contributed by atoms with van der Waals surface area (Å²) in [6.45, 7) is 11.1. The molecule has 0 aliphatic carbocycles. The lowest BCUT2D eigenvalue weighted by Crippen LogP contribution is -2.52. The lowest BCUT2D eigenvalue weighted by Gasteiger charge is -2.39. The molecule has 3 unspecified atom stereocenters. The summed E-state index contributed by atoms with van der Waals surface area (Å²) in [6.07, 6.45) is 1.95. The highest BCUT2D eigenvalue weighted by molar-refractivity contribution is 6.67. The van der Waals surface area contributed by atoms with Gasteiger partial charge in [-0.2, -0.15) is 0 Å². The van der Waals surface area contributed by atoms with Gasteiger partial charge >= 0.3 is 8.56 Å². The summed E-state index contributed by atoms with van der Waals surface area (Å²) in [4.78, 5) is 0. The summed E-state index contributed by atoms with van der Waals surface area (Å²) >= 11 is 0. The fraction of sp³-hybridized carbons (Fsp3) is 1.00. The van der Waals surface area contributed by atoms with Crippen molar-refractivity contribution in [1.82, 2.24) is 0 Å². The van der Waals surface area contributed by atoms with Gasteiger partial charge in [-0.1, -0.05) is 20.8 Å². The molecule has 150 valence electrons. The van der Waals surface area contributed by atoms with E-state index in [4.69, 9.17) is 32.5 Å². The first kappa shape index (κ1) is 23.0. The van der Waals surface area contributed by atoms with Gasteiger partial charge in [0.05, 0.1) is 13.2 Å². The zero-order chi connectivity index (χ0) is 18.9. The number of hydrogen-bond donors (Lipinski definition) is 0. The summed E-state index contributed by atoms with van der Waals surface area (Å²) in [5.41, 5.74) is -0.141. The van der Waals surface area contributed by atoms with E-state index in [0.717, 1.165) is 12.8 Å². The molecule has 1 fully saturated rings. The van der Waals surface area contributed by atoms with E-state index in [1.165, 1.54) is 0 Å². The van der Waals surface area contributed by atoms with Crippen LogP contribution in [0.3, 0.4) is 0 Å². The Kier molecular flexibility index (Phi) is 10.0. The molecule has 3 atom stereocenters. The Labute approximate surface area is 153 Å². The molecule has 0 N–H and O–H groups in total. The molecule has 0 aromatic carbocycles. The maximum absolute atomic E-state index is 6.06. The van der Waals surface area contributed by atoms with Gasteiger partial charge < -0.3 is 27.8 Å².